The third-order valence-electron chi connectivity index (χ3n) is 6.41. The van der Waals surface area contributed by atoms with Crippen molar-refractivity contribution in [3.8, 4) is 5.75 Å². The summed E-state index contributed by atoms with van der Waals surface area (Å²) >= 11 is 9.84. The molecule has 3 aromatic rings. The zero-order valence-electron chi connectivity index (χ0n) is 17.2. The van der Waals surface area contributed by atoms with Gasteiger partial charge in [-0.2, -0.15) is 5.10 Å². The van der Waals surface area contributed by atoms with E-state index in [0.29, 0.717) is 17.2 Å². The van der Waals surface area contributed by atoms with Crippen LogP contribution >= 0.6 is 27.5 Å². The van der Waals surface area contributed by atoms with Crippen LogP contribution in [0.3, 0.4) is 0 Å². The number of amides is 1. The van der Waals surface area contributed by atoms with Gasteiger partial charge >= 0.3 is 5.72 Å². The normalized spacial score (nSPS) is 22.7. The minimum Gasteiger partial charge on any atom is -0.453 e. The van der Waals surface area contributed by atoms with Gasteiger partial charge in [-0.15, -0.1) is 0 Å². The van der Waals surface area contributed by atoms with Gasteiger partial charge in [0.25, 0.3) is 5.91 Å². The molecule has 5 nitrogen and oxygen atoms in total. The van der Waals surface area contributed by atoms with Gasteiger partial charge in [0.05, 0.1) is 23.0 Å². The van der Waals surface area contributed by atoms with Crippen LogP contribution in [0.1, 0.15) is 41.6 Å². The van der Waals surface area contributed by atoms with Gasteiger partial charge in [0.2, 0.25) is 0 Å². The summed E-state index contributed by atoms with van der Waals surface area (Å²) < 4.78 is 7.54. The molecule has 32 heavy (non-hydrogen) atoms. The first-order valence-corrected chi connectivity index (χ1v) is 11.7. The lowest BCUT2D eigenvalue weighted by Gasteiger charge is -2.44. The van der Waals surface area contributed by atoms with E-state index in [2.05, 4.69) is 34.2 Å². The first-order valence-electron chi connectivity index (χ1n) is 10.6. The van der Waals surface area contributed by atoms with E-state index < -0.39 is 5.72 Å². The van der Waals surface area contributed by atoms with E-state index in [0.717, 1.165) is 44.5 Å². The number of ether oxygens (including phenoxy) is 1. The molecule has 0 aliphatic carbocycles. The number of nitrogens with zero attached hydrogens (tertiary/aromatic N) is 2. The van der Waals surface area contributed by atoms with Gasteiger partial charge in [0.15, 0.2) is 0 Å². The van der Waals surface area contributed by atoms with E-state index in [4.69, 9.17) is 21.4 Å². The van der Waals surface area contributed by atoms with E-state index in [1.54, 1.807) is 6.07 Å². The minimum absolute atomic E-state index is 0.168. The number of fused-ring (bicyclic) bond motifs is 6. The Balaban J connectivity index is 1.57. The highest BCUT2D eigenvalue weighted by molar-refractivity contribution is 9.10. The number of anilines is 1. The number of hydrazone groups is 1. The maximum absolute atomic E-state index is 13.5. The van der Waals surface area contributed by atoms with Crippen molar-refractivity contribution in [2.24, 2.45) is 5.10 Å². The summed E-state index contributed by atoms with van der Waals surface area (Å²) in [6.07, 6.45) is 1.51. The fourth-order valence-electron chi connectivity index (χ4n) is 4.80. The SMILES string of the molecule is CCc1ccc2c(c1)[C@]1(Oc3ccc(Cl)cc3[C@H]3CC(c4ccc(Br)cc4)=NN31)C(=O)N2. The van der Waals surface area contributed by atoms with Crippen molar-refractivity contribution in [2.45, 2.75) is 31.5 Å². The maximum atomic E-state index is 13.5. The molecule has 0 radical (unpaired) electrons. The van der Waals surface area contributed by atoms with Crippen molar-refractivity contribution >= 4 is 44.8 Å². The van der Waals surface area contributed by atoms with Crippen molar-refractivity contribution in [1.29, 1.82) is 0 Å². The Morgan fingerprint density at radius 2 is 2.00 bits per heavy atom. The fraction of sp³-hybridized carbons (Fsp3) is 0.200. The summed E-state index contributed by atoms with van der Waals surface area (Å²) in [5, 5.41) is 10.5. The Bertz CT molecular complexity index is 1310. The van der Waals surface area contributed by atoms with E-state index in [1.165, 1.54) is 0 Å². The minimum atomic E-state index is -1.36. The second kappa shape index (κ2) is 7.09. The molecule has 2 atom stereocenters. The van der Waals surface area contributed by atoms with Gasteiger partial charge < -0.3 is 10.1 Å². The van der Waals surface area contributed by atoms with Crippen molar-refractivity contribution < 1.29 is 9.53 Å². The number of rotatable bonds is 2. The van der Waals surface area contributed by atoms with Crippen LogP contribution < -0.4 is 10.1 Å². The lowest BCUT2D eigenvalue weighted by molar-refractivity contribution is -0.161. The molecule has 3 aliphatic heterocycles. The zero-order chi connectivity index (χ0) is 22.0. The Morgan fingerprint density at radius 1 is 1.19 bits per heavy atom. The number of nitrogens with one attached hydrogen (secondary N) is 1. The molecule has 6 rings (SSSR count). The van der Waals surface area contributed by atoms with Crippen molar-refractivity contribution in [1.82, 2.24) is 5.01 Å². The molecule has 0 bridgehead atoms. The predicted molar refractivity (Wildman–Crippen MR) is 128 cm³/mol. The Kier molecular flexibility index (Phi) is 4.39. The average molecular weight is 509 g/mol. The Morgan fingerprint density at radius 3 is 2.78 bits per heavy atom. The van der Waals surface area contributed by atoms with Crippen molar-refractivity contribution in [3.05, 3.63) is 92.4 Å². The first-order chi connectivity index (χ1) is 15.5. The number of hydrogen-bond acceptors (Lipinski definition) is 4. The largest absolute Gasteiger partial charge is 0.453 e. The molecule has 0 unspecified atom stereocenters. The van der Waals surface area contributed by atoms with Gasteiger partial charge in [-0.05, 0) is 60.0 Å². The lowest BCUT2D eigenvalue weighted by Crippen LogP contribution is -2.55. The van der Waals surface area contributed by atoms with E-state index in [9.17, 15) is 4.79 Å². The topological polar surface area (TPSA) is 53.9 Å². The van der Waals surface area contributed by atoms with Crippen molar-refractivity contribution in [3.63, 3.8) is 0 Å². The van der Waals surface area contributed by atoms with Crippen LogP contribution in [0, 0.1) is 0 Å². The standard InChI is InChI=1S/C25H19BrClN3O2/c1-2-14-3-9-20-19(11-14)25(24(31)28-20)30-22(18-12-17(27)8-10-23(18)32-25)13-21(29-30)15-4-6-16(26)7-5-15/h3-12,22H,2,13H2,1H3,(H,28,31)/t22-,25+/m1/s1. The molecule has 0 fully saturated rings. The monoisotopic (exact) mass is 507 g/mol. The molecule has 0 saturated heterocycles. The third kappa shape index (κ3) is 2.76. The van der Waals surface area contributed by atoms with Crippen LogP contribution in [0.5, 0.6) is 5.75 Å². The highest BCUT2D eigenvalue weighted by Gasteiger charge is 2.61. The second-order valence-electron chi connectivity index (χ2n) is 8.23. The average Bonchev–Trinajstić information content (AvgIpc) is 3.36. The molecule has 160 valence electrons. The summed E-state index contributed by atoms with van der Waals surface area (Å²) in [6.45, 7) is 2.10. The fourth-order valence-corrected chi connectivity index (χ4v) is 5.24. The smallest absolute Gasteiger partial charge is 0.306 e. The van der Waals surface area contributed by atoms with Crippen LogP contribution in [0.15, 0.2) is 70.2 Å². The molecule has 7 heteroatoms. The quantitative estimate of drug-likeness (QED) is 0.461. The lowest BCUT2D eigenvalue weighted by atomic mass is 9.91. The maximum Gasteiger partial charge on any atom is 0.306 e. The van der Waals surface area contributed by atoms with Crippen molar-refractivity contribution in [2.75, 3.05) is 5.32 Å². The predicted octanol–water partition coefficient (Wildman–Crippen LogP) is 6.01. The summed E-state index contributed by atoms with van der Waals surface area (Å²) in [5.74, 6) is 0.431. The van der Waals surface area contributed by atoms with Crippen LogP contribution in [-0.2, 0) is 16.9 Å². The molecule has 0 saturated carbocycles. The number of aryl methyl sites for hydroxylation is 1. The highest BCUT2D eigenvalue weighted by Crippen LogP contribution is 2.54. The molecule has 3 aliphatic rings. The molecule has 3 heterocycles. The number of halogens is 2. The zero-order valence-corrected chi connectivity index (χ0v) is 19.6. The summed E-state index contributed by atoms with van der Waals surface area (Å²) in [6, 6.07) is 19.5. The molecular formula is C25H19BrClN3O2. The number of benzene rings is 3. The molecular weight excluding hydrogens is 490 g/mol. The summed E-state index contributed by atoms with van der Waals surface area (Å²) in [4.78, 5) is 13.5. The van der Waals surface area contributed by atoms with Crippen LogP contribution in [0.4, 0.5) is 5.69 Å². The summed E-state index contributed by atoms with van der Waals surface area (Å²) in [5.41, 5.74) is 4.20. The summed E-state index contributed by atoms with van der Waals surface area (Å²) in [7, 11) is 0. The first kappa shape index (κ1) is 19.8. The Labute approximate surface area is 199 Å². The second-order valence-corrected chi connectivity index (χ2v) is 9.59. The van der Waals surface area contributed by atoms with Crippen LogP contribution in [0.2, 0.25) is 5.02 Å². The van der Waals surface area contributed by atoms with Gasteiger partial charge in [-0.1, -0.05) is 52.7 Å². The number of carbonyl (C=O) groups is 1. The Hall–Kier alpha value is -2.83. The van der Waals surface area contributed by atoms with E-state index in [-0.39, 0.29) is 11.9 Å². The van der Waals surface area contributed by atoms with E-state index in [1.807, 2.05) is 53.5 Å². The molecule has 3 aromatic carbocycles. The van der Waals surface area contributed by atoms with E-state index >= 15 is 0 Å². The molecule has 1 amide bonds. The van der Waals surface area contributed by atoms with Gasteiger partial charge in [-0.3, -0.25) is 4.79 Å². The van der Waals surface area contributed by atoms with Crippen LogP contribution in [0.25, 0.3) is 0 Å². The van der Waals surface area contributed by atoms with Gasteiger partial charge in [0, 0.05) is 21.5 Å². The van der Waals surface area contributed by atoms with Gasteiger partial charge in [0.1, 0.15) is 5.75 Å². The molecule has 1 N–H and O–H groups in total. The van der Waals surface area contributed by atoms with Crippen LogP contribution in [-0.4, -0.2) is 16.6 Å². The molecule has 1 spiro atoms. The highest BCUT2D eigenvalue weighted by atomic mass is 79.9. The van der Waals surface area contributed by atoms with Gasteiger partial charge in [-0.25, -0.2) is 5.01 Å². The number of carbonyl (C=O) groups excluding carboxylic acids is 1. The third-order valence-corrected chi connectivity index (χ3v) is 7.18. The molecule has 0 aromatic heterocycles. The number of hydrogen-bond donors (Lipinski definition) is 1.